The topological polar surface area (TPSA) is 156 Å². The maximum absolute atomic E-state index is 13.4. The Morgan fingerprint density at radius 2 is 1.62 bits per heavy atom. The lowest BCUT2D eigenvalue weighted by molar-refractivity contribution is -0.140. The number of carbonyl (C=O) groups excluding carboxylic acids is 2. The summed E-state index contributed by atoms with van der Waals surface area (Å²) in [6.07, 6.45) is 4.20. The second kappa shape index (κ2) is 17.8. The monoisotopic (exact) mass is 796 g/mol. The fourth-order valence-corrected chi connectivity index (χ4v) is 12.2. The van der Waals surface area contributed by atoms with Crippen LogP contribution in [0.15, 0.2) is 107 Å². The third kappa shape index (κ3) is 9.13. The van der Waals surface area contributed by atoms with Crippen LogP contribution < -0.4 is 37.6 Å². The van der Waals surface area contributed by atoms with Crippen LogP contribution >= 0.6 is 11.6 Å². The highest BCUT2D eigenvalue weighted by Gasteiger charge is 2.51. The van der Waals surface area contributed by atoms with E-state index in [1.165, 1.54) is 10.8 Å². The first kappa shape index (κ1) is 40.6. The van der Waals surface area contributed by atoms with Gasteiger partial charge in [0, 0.05) is 53.6 Å². The van der Waals surface area contributed by atoms with Gasteiger partial charge in [-0.3, -0.25) is 28.9 Å². The molecule has 3 heterocycles. The van der Waals surface area contributed by atoms with Crippen LogP contribution in [0.1, 0.15) is 58.2 Å². The van der Waals surface area contributed by atoms with Gasteiger partial charge in [0.1, 0.15) is 12.3 Å². The molecule has 0 aliphatic carbocycles. The Morgan fingerprint density at radius 3 is 2.30 bits per heavy atom. The van der Waals surface area contributed by atoms with Crippen molar-refractivity contribution in [3.8, 4) is 0 Å². The Morgan fingerprint density at radius 1 is 0.946 bits per heavy atom. The smallest absolute Gasteiger partial charge is 0.330 e. The maximum Gasteiger partial charge on any atom is 0.330 e. The van der Waals surface area contributed by atoms with E-state index in [1.54, 1.807) is 13.1 Å². The van der Waals surface area contributed by atoms with Gasteiger partial charge >= 0.3 is 17.5 Å². The highest BCUT2D eigenvalue weighted by atomic mass is 35.5. The highest BCUT2D eigenvalue weighted by Crippen LogP contribution is 2.38. The predicted molar refractivity (Wildman–Crippen MR) is 222 cm³/mol. The molecule has 56 heavy (non-hydrogen) atoms. The number of hydrogen-bond donors (Lipinski definition) is 4. The fraction of sp³-hybridized carbons (Fsp3) is 0.357. The lowest BCUT2D eigenvalue weighted by Crippen LogP contribution is -2.67. The maximum atomic E-state index is 13.4. The quantitative estimate of drug-likeness (QED) is 0.0711. The summed E-state index contributed by atoms with van der Waals surface area (Å²) in [6.45, 7) is 9.24. The average Bonchev–Trinajstić information content (AvgIpc) is 3.57. The number of fused-ring (bicyclic) bond motifs is 1. The second-order valence-corrected chi connectivity index (χ2v) is 19.9. The number of ether oxygens (including phenoxy) is 1. The molecule has 12 nitrogen and oxygen atoms in total. The summed E-state index contributed by atoms with van der Waals surface area (Å²) >= 11 is 6.11. The van der Waals surface area contributed by atoms with Crippen molar-refractivity contribution in [1.82, 2.24) is 25.2 Å². The Labute approximate surface area is 332 Å². The molecule has 3 aromatic carbocycles. The molecule has 0 spiro atoms. The van der Waals surface area contributed by atoms with E-state index in [0.29, 0.717) is 23.6 Å². The van der Waals surface area contributed by atoms with Crippen molar-refractivity contribution in [2.45, 2.75) is 76.8 Å². The summed E-state index contributed by atoms with van der Waals surface area (Å²) < 4.78 is 14.9. The summed E-state index contributed by atoms with van der Waals surface area (Å²) in [5, 5.41) is 12.5. The first-order chi connectivity index (χ1) is 26.9. The molecule has 4 N–H and O–H groups in total. The van der Waals surface area contributed by atoms with Gasteiger partial charge in [-0.25, -0.2) is 4.79 Å². The molecule has 0 saturated carbocycles. The first-order valence-corrected chi connectivity index (χ1v) is 21.3. The van der Waals surface area contributed by atoms with Gasteiger partial charge in [0.15, 0.2) is 0 Å². The number of halogens is 1. The van der Waals surface area contributed by atoms with Crippen molar-refractivity contribution >= 4 is 58.7 Å². The van der Waals surface area contributed by atoms with E-state index in [1.807, 2.05) is 60.7 Å². The number of carbonyl (C=O) groups is 2. The lowest BCUT2D eigenvalue weighted by atomic mass is 10.1. The van der Waals surface area contributed by atoms with Crippen molar-refractivity contribution in [3.63, 3.8) is 0 Å². The van der Waals surface area contributed by atoms with Crippen molar-refractivity contribution < 1.29 is 18.8 Å². The fourth-order valence-electron chi connectivity index (χ4n) is 7.42. The van der Waals surface area contributed by atoms with Crippen LogP contribution in [0.4, 0.5) is 5.69 Å². The number of aromatic nitrogens is 3. The van der Waals surface area contributed by atoms with Gasteiger partial charge in [0.25, 0.3) is 13.9 Å². The van der Waals surface area contributed by atoms with Crippen molar-refractivity contribution in [3.05, 3.63) is 129 Å². The Hall–Kier alpha value is -5.08. The van der Waals surface area contributed by atoms with Gasteiger partial charge < -0.3 is 25.1 Å². The number of nitrogens with one attached hydrogen (secondary N) is 4. The summed E-state index contributed by atoms with van der Waals surface area (Å²) in [7, 11) is -3.00. The molecular weight excluding hydrogens is 748 g/mol. The van der Waals surface area contributed by atoms with Gasteiger partial charge in [-0.05, 0) is 65.9 Å². The molecule has 1 aliphatic rings. The number of aryl methyl sites for hydroxylation is 1. The molecule has 2 amide bonds. The van der Waals surface area contributed by atoms with Gasteiger partial charge in [-0.2, -0.15) is 0 Å². The number of pyridine rings is 1. The Balaban J connectivity index is 1.11. The van der Waals surface area contributed by atoms with Crippen molar-refractivity contribution in [1.29, 1.82) is 0 Å². The first-order valence-electron chi connectivity index (χ1n) is 19.0. The molecule has 0 radical (unpaired) electrons. The largest absolute Gasteiger partial charge is 0.405 e. The van der Waals surface area contributed by atoms with Crippen LogP contribution in [-0.2, 0) is 18.8 Å². The van der Waals surface area contributed by atoms with E-state index in [-0.39, 0.29) is 18.1 Å². The predicted octanol–water partition coefficient (Wildman–Crippen LogP) is 4.79. The second-order valence-electron chi connectivity index (χ2n) is 15.2. The van der Waals surface area contributed by atoms with Crippen LogP contribution in [0.5, 0.6) is 0 Å². The van der Waals surface area contributed by atoms with Crippen molar-refractivity contribution in [2.24, 2.45) is 0 Å². The van der Waals surface area contributed by atoms with Crippen LogP contribution in [0.2, 0.25) is 10.1 Å². The molecule has 294 valence electrons. The Kier molecular flexibility index (Phi) is 12.9. The van der Waals surface area contributed by atoms with Crippen LogP contribution in [0.3, 0.4) is 0 Å². The van der Waals surface area contributed by atoms with E-state index in [4.69, 9.17) is 20.8 Å². The average molecular weight is 797 g/mol. The molecule has 1 saturated heterocycles. The molecule has 5 aromatic rings. The molecular formula is C42H49ClN6O6Si. The molecule has 2 aromatic heterocycles. The van der Waals surface area contributed by atoms with Gasteiger partial charge in [-0.1, -0.05) is 93.0 Å². The Bertz CT molecular complexity index is 2220. The molecule has 1 fully saturated rings. The summed E-state index contributed by atoms with van der Waals surface area (Å²) in [4.78, 5) is 58.2. The standard InChI is InChI=1S/C42H49ClN6O6Si/c1-28-26-49(41(53)48-38(28)50)37-25-35(36(55-37)27-54-56(42(2,3)4,30-14-8-5-9-15-30)31-16-10-6-11-17-31)47-40(52)39(51)46-22-13-7-12-21-44-33-20-23-45-34-24-29(43)18-19-32(33)34/h5-6,8-11,14-20,23-24,26,35-37H,7,12-13,21-22,25,27H2,1-4H3,(H,44,45)(H,46,51)(H,47,52)(H,48,50,53)/t35-,36+,37+/m0/s1. The normalized spacial score (nSPS) is 17.1. The highest BCUT2D eigenvalue weighted by molar-refractivity contribution is 6.99. The number of benzene rings is 3. The third-order valence-electron chi connectivity index (χ3n) is 10.3. The number of hydrogen-bond acceptors (Lipinski definition) is 8. The molecule has 1 aliphatic heterocycles. The number of H-pyrrole nitrogens is 1. The number of unbranched alkanes of at least 4 members (excludes halogenated alkanes) is 2. The minimum Gasteiger partial charge on any atom is -0.405 e. The van der Waals surface area contributed by atoms with E-state index in [0.717, 1.165) is 46.4 Å². The summed E-state index contributed by atoms with van der Waals surface area (Å²) in [5.41, 5.74) is 1.03. The van der Waals surface area contributed by atoms with E-state index in [2.05, 4.69) is 71.0 Å². The zero-order valence-electron chi connectivity index (χ0n) is 32.1. The number of nitrogens with zero attached hydrogens (tertiary/aromatic N) is 2. The molecule has 6 rings (SSSR count). The molecule has 0 unspecified atom stereocenters. The number of aromatic amines is 1. The zero-order valence-corrected chi connectivity index (χ0v) is 33.9. The van der Waals surface area contributed by atoms with E-state index < -0.39 is 49.8 Å². The summed E-state index contributed by atoms with van der Waals surface area (Å²) in [5.74, 6) is -1.55. The number of amides is 2. The SMILES string of the molecule is Cc1cn([C@H]2C[C@H](NC(=O)C(=O)NCCCCCNc3ccnc4cc(Cl)ccc34)[C@@H](CO[Si](c3ccccc3)(c3ccccc3)C(C)(C)C)O2)c(=O)[nH]c1=O. The van der Waals surface area contributed by atoms with E-state index in [9.17, 15) is 19.2 Å². The minimum atomic E-state index is -3.00. The van der Waals surface area contributed by atoms with Gasteiger partial charge in [0.05, 0.1) is 18.2 Å². The third-order valence-corrected chi connectivity index (χ3v) is 15.5. The number of anilines is 1. The lowest BCUT2D eigenvalue weighted by Gasteiger charge is -2.43. The zero-order chi connectivity index (χ0) is 39.9. The minimum absolute atomic E-state index is 0.0739. The van der Waals surface area contributed by atoms with Crippen LogP contribution in [0.25, 0.3) is 10.9 Å². The molecule has 3 atom stereocenters. The van der Waals surface area contributed by atoms with Gasteiger partial charge in [0.2, 0.25) is 0 Å². The molecule has 14 heteroatoms. The van der Waals surface area contributed by atoms with Crippen LogP contribution in [-0.4, -0.2) is 66.5 Å². The van der Waals surface area contributed by atoms with Crippen molar-refractivity contribution in [2.75, 3.05) is 25.0 Å². The van der Waals surface area contributed by atoms with Gasteiger partial charge in [-0.15, -0.1) is 0 Å². The number of rotatable bonds is 14. The van der Waals surface area contributed by atoms with Crippen LogP contribution in [0, 0.1) is 6.92 Å². The molecule has 0 bridgehead atoms. The van der Waals surface area contributed by atoms with E-state index >= 15 is 0 Å². The summed E-state index contributed by atoms with van der Waals surface area (Å²) in [6, 6.07) is 27.2.